The number of hydrogen-bond donors (Lipinski definition) is 0. The topological polar surface area (TPSA) is 24.8 Å². The van der Waals surface area contributed by atoms with Crippen molar-refractivity contribution in [3.05, 3.63) is 59.7 Å². The van der Waals surface area contributed by atoms with Crippen LogP contribution in [0, 0.1) is 0 Å². The molecule has 0 atom stereocenters. The van der Waals surface area contributed by atoms with Gasteiger partial charge in [0, 0.05) is 26.0 Å². The molecular formula is C17H20N2O. The summed E-state index contributed by atoms with van der Waals surface area (Å²) in [5, 5.41) is 0. The van der Waals surface area contributed by atoms with E-state index in [9.17, 15) is 0 Å². The summed E-state index contributed by atoms with van der Waals surface area (Å²) < 4.78 is 5.20. The first-order chi connectivity index (χ1) is 9.69. The van der Waals surface area contributed by atoms with Gasteiger partial charge in [-0.1, -0.05) is 24.3 Å². The van der Waals surface area contributed by atoms with Gasteiger partial charge in [-0.05, 0) is 35.4 Å². The third kappa shape index (κ3) is 3.85. The molecule has 0 amide bonds. The molecule has 3 heteroatoms. The summed E-state index contributed by atoms with van der Waals surface area (Å²) in [5.41, 5.74) is 3.44. The fraction of sp³-hybridized carbons (Fsp3) is 0.235. The molecule has 0 aliphatic rings. The number of benzene rings is 2. The molecule has 0 aromatic heterocycles. The van der Waals surface area contributed by atoms with Gasteiger partial charge in [-0.2, -0.15) is 0 Å². The second kappa shape index (κ2) is 6.75. The van der Waals surface area contributed by atoms with Crippen LogP contribution in [0.15, 0.2) is 53.5 Å². The van der Waals surface area contributed by atoms with E-state index in [1.54, 1.807) is 7.11 Å². The first-order valence-corrected chi connectivity index (χ1v) is 6.59. The van der Waals surface area contributed by atoms with Crippen molar-refractivity contribution in [1.29, 1.82) is 0 Å². The van der Waals surface area contributed by atoms with Crippen LogP contribution in [0.1, 0.15) is 11.1 Å². The lowest BCUT2D eigenvalue weighted by Crippen LogP contribution is -2.08. The van der Waals surface area contributed by atoms with Crippen molar-refractivity contribution in [3.63, 3.8) is 0 Å². The summed E-state index contributed by atoms with van der Waals surface area (Å²) in [6.07, 6.45) is 1.90. The minimum atomic E-state index is 0.659. The summed E-state index contributed by atoms with van der Waals surface area (Å²) >= 11 is 0. The van der Waals surface area contributed by atoms with Crippen LogP contribution in [-0.2, 0) is 6.54 Å². The number of hydrogen-bond acceptors (Lipinski definition) is 3. The summed E-state index contributed by atoms with van der Waals surface area (Å²) in [6, 6.07) is 16.3. The van der Waals surface area contributed by atoms with Crippen molar-refractivity contribution in [1.82, 2.24) is 0 Å². The Morgan fingerprint density at radius 2 is 1.85 bits per heavy atom. The lowest BCUT2D eigenvalue weighted by atomic mass is 10.2. The van der Waals surface area contributed by atoms with Gasteiger partial charge in [0.25, 0.3) is 0 Å². The molecule has 2 aromatic rings. The smallest absolute Gasteiger partial charge is 0.119 e. The molecule has 0 radical (unpaired) electrons. The number of rotatable bonds is 5. The van der Waals surface area contributed by atoms with E-state index < -0.39 is 0 Å². The molecule has 0 bridgehead atoms. The molecule has 0 saturated carbocycles. The van der Waals surface area contributed by atoms with Crippen LogP contribution in [0.3, 0.4) is 0 Å². The molecule has 20 heavy (non-hydrogen) atoms. The van der Waals surface area contributed by atoms with Crippen LogP contribution in [0.25, 0.3) is 0 Å². The first kappa shape index (κ1) is 14.1. The average molecular weight is 268 g/mol. The predicted octanol–water partition coefficient (Wildman–Crippen LogP) is 3.38. The maximum absolute atomic E-state index is 5.20. The Bertz CT molecular complexity index is 574. The van der Waals surface area contributed by atoms with Crippen molar-refractivity contribution in [2.45, 2.75) is 6.54 Å². The van der Waals surface area contributed by atoms with Crippen LogP contribution >= 0.6 is 0 Å². The van der Waals surface area contributed by atoms with E-state index in [1.165, 1.54) is 5.69 Å². The third-order valence-electron chi connectivity index (χ3n) is 3.06. The zero-order valence-electron chi connectivity index (χ0n) is 12.2. The van der Waals surface area contributed by atoms with Crippen LogP contribution in [0.5, 0.6) is 5.75 Å². The quantitative estimate of drug-likeness (QED) is 0.777. The lowest BCUT2D eigenvalue weighted by molar-refractivity contribution is 0.414. The van der Waals surface area contributed by atoms with Gasteiger partial charge >= 0.3 is 0 Å². The predicted molar refractivity (Wildman–Crippen MR) is 85.1 cm³/mol. The van der Waals surface area contributed by atoms with Gasteiger partial charge < -0.3 is 9.64 Å². The highest BCUT2D eigenvalue weighted by Crippen LogP contribution is 2.14. The number of methoxy groups -OCH3 is 1. The Balaban J connectivity index is 1.98. The Hall–Kier alpha value is -2.29. The van der Waals surface area contributed by atoms with Crippen molar-refractivity contribution in [3.8, 4) is 5.75 Å². The molecule has 0 unspecified atom stereocenters. The molecule has 104 valence electrons. The molecule has 0 fully saturated rings. The minimum absolute atomic E-state index is 0.659. The number of anilines is 1. The minimum Gasteiger partial charge on any atom is -0.497 e. The molecule has 3 nitrogen and oxygen atoms in total. The Labute approximate surface area is 120 Å². The second-order valence-electron chi connectivity index (χ2n) is 4.81. The van der Waals surface area contributed by atoms with Crippen LogP contribution < -0.4 is 9.64 Å². The van der Waals surface area contributed by atoms with E-state index >= 15 is 0 Å². The van der Waals surface area contributed by atoms with Crippen molar-refractivity contribution in [2.75, 3.05) is 26.1 Å². The maximum atomic E-state index is 5.20. The fourth-order valence-corrected chi connectivity index (χ4v) is 1.89. The van der Waals surface area contributed by atoms with Gasteiger partial charge in [0.05, 0.1) is 13.7 Å². The SMILES string of the molecule is COc1cccc(CN=Cc2ccc(N(C)C)cc2)c1. The molecule has 0 saturated heterocycles. The number of aliphatic imine (C=N–C) groups is 1. The van der Waals surface area contributed by atoms with Crippen molar-refractivity contribution < 1.29 is 4.74 Å². The Kier molecular flexibility index (Phi) is 4.77. The van der Waals surface area contributed by atoms with Crippen LogP contribution in [-0.4, -0.2) is 27.4 Å². The normalized spacial score (nSPS) is 10.8. The van der Waals surface area contributed by atoms with E-state index in [4.69, 9.17) is 4.74 Å². The number of ether oxygens (including phenoxy) is 1. The second-order valence-corrected chi connectivity index (χ2v) is 4.81. The first-order valence-electron chi connectivity index (χ1n) is 6.59. The van der Waals surface area contributed by atoms with E-state index in [0.717, 1.165) is 16.9 Å². The zero-order valence-corrected chi connectivity index (χ0v) is 12.2. The summed E-state index contributed by atoms with van der Waals surface area (Å²) in [4.78, 5) is 6.55. The molecule has 0 aliphatic carbocycles. The lowest BCUT2D eigenvalue weighted by Gasteiger charge is -2.11. The maximum Gasteiger partial charge on any atom is 0.119 e. The van der Waals surface area contributed by atoms with Gasteiger partial charge in [-0.3, -0.25) is 4.99 Å². The summed E-state index contributed by atoms with van der Waals surface area (Å²) in [6.45, 7) is 0.659. The van der Waals surface area contributed by atoms with Crippen molar-refractivity contribution >= 4 is 11.9 Å². The monoisotopic (exact) mass is 268 g/mol. The highest BCUT2D eigenvalue weighted by molar-refractivity contribution is 5.80. The van der Waals surface area contributed by atoms with Crippen LogP contribution in [0.4, 0.5) is 5.69 Å². The van der Waals surface area contributed by atoms with Crippen LogP contribution in [0.2, 0.25) is 0 Å². The van der Waals surface area contributed by atoms with Gasteiger partial charge in [0.1, 0.15) is 5.75 Å². The highest BCUT2D eigenvalue weighted by atomic mass is 16.5. The Morgan fingerprint density at radius 1 is 1.10 bits per heavy atom. The molecule has 0 heterocycles. The fourth-order valence-electron chi connectivity index (χ4n) is 1.89. The molecule has 2 aromatic carbocycles. The number of nitrogens with zero attached hydrogens (tertiary/aromatic N) is 2. The molecule has 2 rings (SSSR count). The van der Waals surface area contributed by atoms with Crippen molar-refractivity contribution in [2.24, 2.45) is 4.99 Å². The van der Waals surface area contributed by atoms with Gasteiger partial charge in [0.2, 0.25) is 0 Å². The molecular weight excluding hydrogens is 248 g/mol. The average Bonchev–Trinajstić information content (AvgIpc) is 2.48. The van der Waals surface area contributed by atoms with Gasteiger partial charge in [0.15, 0.2) is 0 Å². The summed E-state index contributed by atoms with van der Waals surface area (Å²) in [7, 11) is 5.74. The summed E-state index contributed by atoms with van der Waals surface area (Å²) in [5.74, 6) is 0.869. The van der Waals surface area contributed by atoms with E-state index in [0.29, 0.717) is 6.54 Å². The van der Waals surface area contributed by atoms with E-state index in [2.05, 4.69) is 40.2 Å². The molecule has 0 spiro atoms. The standard InChI is InChI=1S/C17H20N2O/c1-19(2)16-9-7-14(8-10-16)12-18-13-15-5-4-6-17(11-15)20-3/h4-12H,13H2,1-3H3. The third-order valence-corrected chi connectivity index (χ3v) is 3.06. The molecule has 0 aliphatic heterocycles. The van der Waals surface area contributed by atoms with E-state index in [1.807, 2.05) is 38.5 Å². The van der Waals surface area contributed by atoms with Gasteiger partial charge in [-0.15, -0.1) is 0 Å². The zero-order chi connectivity index (χ0) is 14.4. The van der Waals surface area contributed by atoms with Gasteiger partial charge in [-0.25, -0.2) is 0 Å². The Morgan fingerprint density at radius 3 is 2.50 bits per heavy atom. The molecule has 0 N–H and O–H groups in total. The van der Waals surface area contributed by atoms with E-state index in [-0.39, 0.29) is 0 Å². The largest absolute Gasteiger partial charge is 0.497 e. The highest BCUT2D eigenvalue weighted by Gasteiger charge is 1.95.